The maximum absolute atomic E-state index is 12.1. The first-order valence-electron chi connectivity index (χ1n) is 6.86. The molecule has 23 heavy (non-hydrogen) atoms. The second-order valence-corrected chi connectivity index (χ2v) is 5.40. The van der Waals surface area contributed by atoms with Gasteiger partial charge in [-0.1, -0.05) is 0 Å². The van der Waals surface area contributed by atoms with Crippen molar-refractivity contribution in [2.75, 3.05) is 25.5 Å². The third-order valence-corrected chi connectivity index (χ3v) is 3.66. The number of halogens is 1. The van der Waals surface area contributed by atoms with Crippen LogP contribution in [0.15, 0.2) is 41.0 Å². The van der Waals surface area contributed by atoms with Crippen LogP contribution < -0.4 is 15.4 Å². The number of amides is 1. The number of ether oxygens (including phenoxy) is 1. The van der Waals surface area contributed by atoms with E-state index in [0.29, 0.717) is 35.8 Å². The summed E-state index contributed by atoms with van der Waals surface area (Å²) >= 11 is 3.35. The van der Waals surface area contributed by atoms with Crippen LogP contribution in [-0.4, -0.2) is 31.1 Å². The summed E-state index contributed by atoms with van der Waals surface area (Å²) in [4.78, 5) is 16.2. The topological polar surface area (TPSA) is 87.0 Å². The highest BCUT2D eigenvalue weighted by atomic mass is 79.9. The molecule has 0 radical (unpaired) electrons. The Labute approximate surface area is 142 Å². The third kappa shape index (κ3) is 4.44. The van der Waals surface area contributed by atoms with Crippen molar-refractivity contribution >= 4 is 27.7 Å². The van der Waals surface area contributed by atoms with Gasteiger partial charge in [0.2, 0.25) is 0 Å². The molecule has 1 amide bonds. The lowest BCUT2D eigenvalue weighted by molar-refractivity contribution is 0.0955. The van der Waals surface area contributed by atoms with E-state index in [9.17, 15) is 4.79 Å². The number of hydrogen-bond donors (Lipinski definition) is 2. The minimum absolute atomic E-state index is 0.184. The number of hydrogen-bond acceptors (Lipinski definition) is 5. The summed E-state index contributed by atoms with van der Waals surface area (Å²) in [6.07, 6.45) is 1.61. The fraction of sp³-hybridized carbons (Fsp3) is 0.188. The summed E-state index contributed by atoms with van der Waals surface area (Å²) in [6, 6.07) is 10.6. The standard InChI is InChI=1S/C16H15BrN4O2/c1-23-14-5-4-11(9-13(14)17)16(22)21-8-7-20-15-12(10-18)3-2-6-19-15/h2-6,9H,7-8H2,1H3,(H,19,20)(H,21,22). The van der Waals surface area contributed by atoms with Crippen LogP contribution in [0.25, 0.3) is 0 Å². The SMILES string of the molecule is COc1ccc(C(=O)NCCNc2ncccc2C#N)cc1Br. The fourth-order valence-electron chi connectivity index (χ4n) is 1.90. The maximum Gasteiger partial charge on any atom is 0.251 e. The van der Waals surface area contributed by atoms with Crippen LogP contribution in [-0.2, 0) is 0 Å². The van der Waals surface area contributed by atoms with E-state index >= 15 is 0 Å². The van der Waals surface area contributed by atoms with Gasteiger partial charge in [0, 0.05) is 24.8 Å². The molecule has 0 saturated carbocycles. The molecule has 0 aliphatic heterocycles. The summed E-state index contributed by atoms with van der Waals surface area (Å²) in [7, 11) is 1.57. The minimum Gasteiger partial charge on any atom is -0.496 e. The zero-order valence-corrected chi connectivity index (χ0v) is 14.1. The Morgan fingerprint density at radius 2 is 2.22 bits per heavy atom. The molecule has 0 unspecified atom stereocenters. The molecule has 2 rings (SSSR count). The van der Waals surface area contributed by atoms with Crippen molar-refractivity contribution in [2.45, 2.75) is 0 Å². The molecule has 6 nitrogen and oxygen atoms in total. The Hall–Kier alpha value is -2.59. The monoisotopic (exact) mass is 374 g/mol. The molecule has 1 heterocycles. The summed E-state index contributed by atoms with van der Waals surface area (Å²) < 4.78 is 5.85. The lowest BCUT2D eigenvalue weighted by Gasteiger charge is -2.09. The Balaban J connectivity index is 1.85. The molecule has 2 N–H and O–H groups in total. The van der Waals surface area contributed by atoms with Crippen LogP contribution in [0.3, 0.4) is 0 Å². The number of carbonyl (C=O) groups is 1. The Kier molecular flexibility index (Phi) is 5.94. The van der Waals surface area contributed by atoms with E-state index in [1.807, 2.05) is 0 Å². The van der Waals surface area contributed by atoms with Crippen LogP contribution in [0.2, 0.25) is 0 Å². The van der Waals surface area contributed by atoms with E-state index in [-0.39, 0.29) is 5.91 Å². The van der Waals surface area contributed by atoms with Crippen LogP contribution in [0, 0.1) is 11.3 Å². The number of aromatic nitrogens is 1. The lowest BCUT2D eigenvalue weighted by atomic mass is 10.2. The van der Waals surface area contributed by atoms with Crippen molar-refractivity contribution in [2.24, 2.45) is 0 Å². The smallest absolute Gasteiger partial charge is 0.251 e. The zero-order valence-electron chi connectivity index (χ0n) is 12.5. The first-order valence-corrected chi connectivity index (χ1v) is 7.65. The first-order chi connectivity index (χ1) is 11.2. The third-order valence-electron chi connectivity index (χ3n) is 3.05. The van der Waals surface area contributed by atoms with Crippen molar-refractivity contribution < 1.29 is 9.53 Å². The molecule has 0 atom stereocenters. The van der Waals surface area contributed by atoms with E-state index in [2.05, 4.69) is 37.6 Å². The second-order valence-electron chi connectivity index (χ2n) is 4.54. The van der Waals surface area contributed by atoms with Crippen molar-refractivity contribution in [1.29, 1.82) is 5.26 Å². The molecular weight excluding hydrogens is 360 g/mol. The second kappa shape index (κ2) is 8.15. The largest absolute Gasteiger partial charge is 0.496 e. The highest BCUT2D eigenvalue weighted by Crippen LogP contribution is 2.25. The average Bonchev–Trinajstić information content (AvgIpc) is 2.58. The van der Waals surface area contributed by atoms with Gasteiger partial charge in [0.15, 0.2) is 0 Å². The van der Waals surface area contributed by atoms with Crippen LogP contribution >= 0.6 is 15.9 Å². The number of pyridine rings is 1. The molecule has 118 valence electrons. The van der Waals surface area contributed by atoms with Crippen molar-refractivity contribution in [3.63, 3.8) is 0 Å². The lowest BCUT2D eigenvalue weighted by Crippen LogP contribution is -2.29. The quantitative estimate of drug-likeness (QED) is 0.758. The number of nitrogens with zero attached hydrogens (tertiary/aromatic N) is 2. The van der Waals surface area contributed by atoms with E-state index in [1.54, 1.807) is 43.6 Å². The van der Waals surface area contributed by atoms with Gasteiger partial charge in [0.05, 0.1) is 17.1 Å². The van der Waals surface area contributed by atoms with Crippen molar-refractivity contribution in [3.05, 3.63) is 52.1 Å². The van der Waals surface area contributed by atoms with E-state index < -0.39 is 0 Å². The highest BCUT2D eigenvalue weighted by molar-refractivity contribution is 9.10. The van der Waals surface area contributed by atoms with Gasteiger partial charge in [-0.05, 0) is 46.3 Å². The molecule has 1 aromatic carbocycles. The predicted octanol–water partition coefficient (Wildman–Crippen LogP) is 2.57. The summed E-state index contributed by atoms with van der Waals surface area (Å²) in [5.41, 5.74) is 1.01. The molecule has 0 saturated heterocycles. The molecule has 7 heteroatoms. The van der Waals surface area contributed by atoms with E-state index in [1.165, 1.54) is 0 Å². The van der Waals surface area contributed by atoms with E-state index in [0.717, 1.165) is 4.47 Å². The molecule has 0 aliphatic carbocycles. The Morgan fingerprint density at radius 3 is 2.91 bits per heavy atom. The van der Waals surface area contributed by atoms with E-state index in [4.69, 9.17) is 10.00 Å². The van der Waals surface area contributed by atoms with Gasteiger partial charge in [0.25, 0.3) is 5.91 Å². The van der Waals surface area contributed by atoms with Gasteiger partial charge in [-0.3, -0.25) is 4.79 Å². The molecular formula is C16H15BrN4O2. The Morgan fingerprint density at radius 1 is 1.39 bits per heavy atom. The van der Waals surface area contributed by atoms with Gasteiger partial charge in [-0.25, -0.2) is 4.98 Å². The minimum atomic E-state index is -0.184. The summed E-state index contributed by atoms with van der Waals surface area (Å²) in [5.74, 6) is 0.996. The van der Waals surface area contributed by atoms with Crippen molar-refractivity contribution in [1.82, 2.24) is 10.3 Å². The van der Waals surface area contributed by atoms with Gasteiger partial charge in [-0.15, -0.1) is 0 Å². The number of nitriles is 1. The van der Waals surface area contributed by atoms with Gasteiger partial charge >= 0.3 is 0 Å². The molecule has 0 fully saturated rings. The number of carbonyl (C=O) groups excluding carboxylic acids is 1. The summed E-state index contributed by atoms with van der Waals surface area (Å²) in [5, 5.41) is 14.8. The Bertz CT molecular complexity index is 743. The zero-order chi connectivity index (χ0) is 16.7. The highest BCUT2D eigenvalue weighted by Gasteiger charge is 2.08. The molecule has 2 aromatic rings. The number of benzene rings is 1. The fourth-order valence-corrected chi connectivity index (χ4v) is 2.44. The van der Waals surface area contributed by atoms with Crippen LogP contribution in [0.5, 0.6) is 5.75 Å². The molecule has 0 aliphatic rings. The average molecular weight is 375 g/mol. The van der Waals surface area contributed by atoms with Crippen LogP contribution in [0.1, 0.15) is 15.9 Å². The number of methoxy groups -OCH3 is 1. The molecule has 0 spiro atoms. The van der Waals surface area contributed by atoms with Crippen molar-refractivity contribution in [3.8, 4) is 11.8 Å². The number of rotatable bonds is 6. The molecule has 1 aromatic heterocycles. The normalized spacial score (nSPS) is 9.78. The van der Waals surface area contributed by atoms with Gasteiger partial charge < -0.3 is 15.4 Å². The molecule has 0 bridgehead atoms. The summed E-state index contributed by atoms with van der Waals surface area (Å²) in [6.45, 7) is 0.874. The van der Waals surface area contributed by atoms with Gasteiger partial charge in [0.1, 0.15) is 17.6 Å². The maximum atomic E-state index is 12.1. The predicted molar refractivity (Wildman–Crippen MR) is 90.5 cm³/mol. The number of anilines is 1. The van der Waals surface area contributed by atoms with Gasteiger partial charge in [-0.2, -0.15) is 5.26 Å². The first kappa shape index (κ1) is 16.8. The van der Waals surface area contributed by atoms with Crippen LogP contribution in [0.4, 0.5) is 5.82 Å². The number of nitrogens with one attached hydrogen (secondary N) is 2.